The van der Waals surface area contributed by atoms with E-state index in [-0.39, 0.29) is 18.3 Å². The number of carbonyl (C=O) groups excluding carboxylic acids is 2. The number of nitrogens with one attached hydrogen (secondary N) is 1. The minimum atomic E-state index is -0.877. The molecule has 0 saturated heterocycles. The maximum Gasteiger partial charge on any atom is 0.291 e. The number of likely N-dealkylation sites (N-methyl/N-ethyl adjacent to an activating group) is 1. The summed E-state index contributed by atoms with van der Waals surface area (Å²) >= 11 is 0. The molecule has 0 radical (unpaired) electrons. The van der Waals surface area contributed by atoms with Gasteiger partial charge in [-0.1, -0.05) is 36.4 Å². The molecule has 2 aromatic carbocycles. The maximum absolute atomic E-state index is 13.3. The Morgan fingerprint density at radius 1 is 1.08 bits per heavy atom. The molecular formula is C26H27N9O3. The molecule has 0 bridgehead atoms. The SMILES string of the molecule is CN1C(=O)C(NC(=O)c2ncn(Cc3ccccc3)n2)COc2ccc(CN3CCn4ncnc4C3)cc21. The van der Waals surface area contributed by atoms with Crippen molar-refractivity contribution in [3.63, 3.8) is 0 Å². The molecular weight excluding hydrogens is 486 g/mol. The Hall–Kier alpha value is -4.58. The summed E-state index contributed by atoms with van der Waals surface area (Å²) in [5, 5.41) is 11.2. The van der Waals surface area contributed by atoms with Crippen molar-refractivity contribution in [1.82, 2.24) is 39.7 Å². The van der Waals surface area contributed by atoms with Crippen LogP contribution in [0.2, 0.25) is 0 Å². The van der Waals surface area contributed by atoms with E-state index in [1.54, 1.807) is 18.1 Å². The van der Waals surface area contributed by atoms with Crippen molar-refractivity contribution in [2.24, 2.45) is 0 Å². The number of aromatic nitrogens is 6. The van der Waals surface area contributed by atoms with Gasteiger partial charge in [0.1, 0.15) is 36.9 Å². The summed E-state index contributed by atoms with van der Waals surface area (Å²) in [5.74, 6) is 0.725. The number of fused-ring (bicyclic) bond motifs is 2. The van der Waals surface area contributed by atoms with E-state index in [2.05, 4.69) is 30.4 Å². The third-order valence-corrected chi connectivity index (χ3v) is 6.75. The molecule has 2 aromatic heterocycles. The molecule has 6 rings (SSSR count). The molecule has 0 saturated carbocycles. The molecule has 0 aliphatic carbocycles. The summed E-state index contributed by atoms with van der Waals surface area (Å²) in [4.78, 5) is 38.4. The highest BCUT2D eigenvalue weighted by atomic mass is 16.5. The van der Waals surface area contributed by atoms with Crippen LogP contribution in [-0.2, 0) is 31.0 Å². The van der Waals surface area contributed by atoms with E-state index >= 15 is 0 Å². The zero-order valence-corrected chi connectivity index (χ0v) is 20.9. The number of anilines is 1. The van der Waals surface area contributed by atoms with Crippen LogP contribution < -0.4 is 15.0 Å². The lowest BCUT2D eigenvalue weighted by atomic mass is 10.1. The summed E-state index contributed by atoms with van der Waals surface area (Å²) in [6.07, 6.45) is 3.09. The van der Waals surface area contributed by atoms with Crippen molar-refractivity contribution in [2.45, 2.75) is 32.2 Å². The van der Waals surface area contributed by atoms with E-state index in [0.29, 0.717) is 31.1 Å². The summed E-state index contributed by atoms with van der Waals surface area (Å²) in [6.45, 7) is 3.58. The van der Waals surface area contributed by atoms with Crippen LogP contribution in [0.15, 0.2) is 61.2 Å². The fraction of sp³-hybridized carbons (Fsp3) is 0.308. The summed E-state index contributed by atoms with van der Waals surface area (Å²) < 4.78 is 9.46. The highest BCUT2D eigenvalue weighted by Crippen LogP contribution is 2.32. The van der Waals surface area contributed by atoms with Gasteiger partial charge in [0.05, 0.1) is 25.3 Å². The molecule has 38 heavy (non-hydrogen) atoms. The Balaban J connectivity index is 1.11. The Kier molecular flexibility index (Phi) is 6.30. The van der Waals surface area contributed by atoms with Crippen LogP contribution in [0.25, 0.3) is 0 Å². The van der Waals surface area contributed by atoms with E-state index in [9.17, 15) is 9.59 Å². The van der Waals surface area contributed by atoms with Crippen LogP contribution in [0, 0.1) is 0 Å². The first-order chi connectivity index (χ1) is 18.5. The molecule has 0 spiro atoms. The zero-order chi connectivity index (χ0) is 26.1. The molecule has 2 amide bonds. The van der Waals surface area contributed by atoms with Crippen LogP contribution in [0.1, 0.15) is 27.6 Å². The number of carbonyl (C=O) groups is 2. The number of nitrogens with zero attached hydrogens (tertiary/aromatic N) is 8. The van der Waals surface area contributed by atoms with Crippen LogP contribution in [0.5, 0.6) is 5.75 Å². The van der Waals surface area contributed by atoms with Crippen molar-refractivity contribution in [2.75, 3.05) is 25.1 Å². The second-order valence-electron chi connectivity index (χ2n) is 9.40. The van der Waals surface area contributed by atoms with Gasteiger partial charge < -0.3 is 15.0 Å². The van der Waals surface area contributed by atoms with E-state index in [1.165, 1.54) is 11.2 Å². The van der Waals surface area contributed by atoms with Crippen LogP contribution in [0.4, 0.5) is 5.69 Å². The van der Waals surface area contributed by atoms with Crippen LogP contribution >= 0.6 is 0 Å². The van der Waals surface area contributed by atoms with E-state index in [0.717, 1.165) is 30.0 Å². The average Bonchev–Trinajstić information content (AvgIpc) is 3.58. The predicted octanol–water partition coefficient (Wildman–Crippen LogP) is 1.09. The van der Waals surface area contributed by atoms with Gasteiger partial charge in [-0.3, -0.25) is 14.5 Å². The normalized spacial score (nSPS) is 17.3. The Bertz CT molecular complexity index is 1470. The van der Waals surface area contributed by atoms with E-state index in [4.69, 9.17) is 4.74 Å². The molecule has 2 aliphatic rings. The number of hydrogen-bond donors (Lipinski definition) is 1. The highest BCUT2D eigenvalue weighted by Gasteiger charge is 2.32. The lowest BCUT2D eigenvalue weighted by molar-refractivity contribution is -0.120. The van der Waals surface area contributed by atoms with Crippen molar-refractivity contribution in [1.29, 1.82) is 0 Å². The van der Waals surface area contributed by atoms with Gasteiger partial charge in [0.2, 0.25) is 5.82 Å². The number of amides is 2. The molecule has 0 fully saturated rings. The van der Waals surface area contributed by atoms with Crippen LogP contribution in [-0.4, -0.2) is 72.5 Å². The first-order valence-corrected chi connectivity index (χ1v) is 12.4. The quantitative estimate of drug-likeness (QED) is 0.407. The summed E-state index contributed by atoms with van der Waals surface area (Å²) in [5.41, 5.74) is 2.75. The third-order valence-electron chi connectivity index (χ3n) is 6.75. The maximum atomic E-state index is 13.3. The standard InChI is InChI=1S/C26H27N9O3/c1-32-21-11-19(12-33-9-10-35-23(14-33)27-16-29-35)7-8-22(21)38-15-20(26(32)37)30-25(36)24-28-17-34(31-24)13-18-5-3-2-4-6-18/h2-8,11,16-17,20H,9-10,12-15H2,1H3,(H,30,36). The minimum absolute atomic E-state index is 0.00204. The van der Waals surface area contributed by atoms with Gasteiger partial charge in [-0.2, -0.15) is 5.10 Å². The number of hydrogen-bond acceptors (Lipinski definition) is 8. The van der Waals surface area contributed by atoms with Crippen molar-refractivity contribution in [3.8, 4) is 5.75 Å². The van der Waals surface area contributed by atoms with Gasteiger partial charge >= 0.3 is 0 Å². The average molecular weight is 514 g/mol. The molecule has 12 nitrogen and oxygen atoms in total. The molecule has 4 heterocycles. The monoisotopic (exact) mass is 513 g/mol. The smallest absolute Gasteiger partial charge is 0.291 e. The fourth-order valence-electron chi connectivity index (χ4n) is 4.72. The van der Waals surface area contributed by atoms with Crippen molar-refractivity contribution >= 4 is 17.5 Å². The fourth-order valence-corrected chi connectivity index (χ4v) is 4.72. The Labute approximate surface area is 218 Å². The largest absolute Gasteiger partial charge is 0.489 e. The highest BCUT2D eigenvalue weighted by molar-refractivity contribution is 6.02. The van der Waals surface area contributed by atoms with E-state index in [1.807, 2.05) is 53.2 Å². The summed E-state index contributed by atoms with van der Waals surface area (Å²) in [7, 11) is 1.69. The molecule has 2 aliphatic heterocycles. The Morgan fingerprint density at radius 3 is 2.82 bits per heavy atom. The molecule has 1 atom stereocenters. The number of benzene rings is 2. The van der Waals surface area contributed by atoms with Gasteiger partial charge in [0.15, 0.2) is 0 Å². The van der Waals surface area contributed by atoms with Crippen LogP contribution in [0.3, 0.4) is 0 Å². The zero-order valence-electron chi connectivity index (χ0n) is 20.9. The van der Waals surface area contributed by atoms with Crippen molar-refractivity contribution < 1.29 is 14.3 Å². The van der Waals surface area contributed by atoms with Gasteiger partial charge in [0.25, 0.3) is 11.8 Å². The molecule has 1 unspecified atom stereocenters. The molecule has 194 valence electrons. The molecule has 12 heteroatoms. The minimum Gasteiger partial charge on any atom is -0.489 e. The second-order valence-corrected chi connectivity index (χ2v) is 9.40. The summed E-state index contributed by atoms with van der Waals surface area (Å²) in [6, 6.07) is 14.7. The van der Waals surface area contributed by atoms with Crippen molar-refractivity contribution in [3.05, 3.63) is 84.0 Å². The molecule has 4 aromatic rings. The Morgan fingerprint density at radius 2 is 1.95 bits per heavy atom. The van der Waals surface area contributed by atoms with Gasteiger partial charge in [-0.05, 0) is 23.3 Å². The number of ether oxygens (including phenoxy) is 1. The van der Waals surface area contributed by atoms with Gasteiger partial charge in [-0.15, -0.1) is 5.10 Å². The second kappa shape index (κ2) is 10.1. The first kappa shape index (κ1) is 23.8. The third kappa shape index (κ3) is 4.85. The van der Waals surface area contributed by atoms with E-state index < -0.39 is 11.9 Å². The topological polar surface area (TPSA) is 123 Å². The predicted molar refractivity (Wildman–Crippen MR) is 136 cm³/mol. The first-order valence-electron chi connectivity index (χ1n) is 12.4. The van der Waals surface area contributed by atoms with Gasteiger partial charge in [0, 0.05) is 20.1 Å². The molecule has 1 N–H and O–H groups in total. The lowest BCUT2D eigenvalue weighted by Crippen LogP contribution is -2.49. The number of rotatable bonds is 6. The lowest BCUT2D eigenvalue weighted by Gasteiger charge is -2.27. The van der Waals surface area contributed by atoms with Gasteiger partial charge in [-0.25, -0.2) is 19.3 Å².